The van der Waals surface area contributed by atoms with Crippen molar-refractivity contribution in [2.75, 3.05) is 19.3 Å². The van der Waals surface area contributed by atoms with E-state index >= 15 is 0 Å². The molecule has 1 amide bonds. The molecule has 0 bridgehead atoms. The van der Waals surface area contributed by atoms with Crippen molar-refractivity contribution in [3.05, 3.63) is 12.2 Å². The van der Waals surface area contributed by atoms with Gasteiger partial charge >= 0.3 is 51.4 Å². The Balaban J connectivity index is 0. The fourth-order valence-electron chi connectivity index (χ4n) is 0.906. The zero-order valence-corrected chi connectivity index (χ0v) is 13.3. The van der Waals surface area contributed by atoms with Gasteiger partial charge in [-0.2, -0.15) is 0 Å². The van der Waals surface area contributed by atoms with Gasteiger partial charge in [-0.25, -0.2) is 8.42 Å². The normalized spacial score (nSPS) is 10.3. The van der Waals surface area contributed by atoms with Crippen molar-refractivity contribution in [3.8, 4) is 0 Å². The second-order valence-electron chi connectivity index (χ2n) is 3.12. The predicted octanol–water partition coefficient (Wildman–Crippen LogP) is -3.04. The number of nitrogens with zero attached hydrogens (tertiary/aromatic N) is 1. The number of likely N-dealkylation sites (N-methyl/N-ethyl adjacent to an activating group) is 1. The molecule has 0 spiro atoms. The van der Waals surface area contributed by atoms with Crippen LogP contribution in [0.15, 0.2) is 12.2 Å². The monoisotopic (exact) mass is 259 g/mol. The molecular formula is C8H14KNO4S. The van der Waals surface area contributed by atoms with Crippen LogP contribution in [0.5, 0.6) is 0 Å². The molecule has 0 aromatic heterocycles. The summed E-state index contributed by atoms with van der Waals surface area (Å²) in [4.78, 5) is 12.5. The fourth-order valence-corrected chi connectivity index (χ4v) is 1.39. The van der Waals surface area contributed by atoms with Crippen LogP contribution in [0.25, 0.3) is 0 Å². The minimum Gasteiger partial charge on any atom is -0.748 e. The summed E-state index contributed by atoms with van der Waals surface area (Å²) in [5, 5.41) is 0. The zero-order chi connectivity index (χ0) is 11.4. The average Bonchev–Trinajstić information content (AvgIpc) is 2.00. The van der Waals surface area contributed by atoms with E-state index in [1.807, 2.05) is 0 Å². The number of hydrogen-bond donors (Lipinski definition) is 0. The van der Waals surface area contributed by atoms with Crippen molar-refractivity contribution >= 4 is 16.0 Å². The van der Waals surface area contributed by atoms with E-state index in [-0.39, 0.29) is 70.3 Å². The largest absolute Gasteiger partial charge is 1.00 e. The van der Waals surface area contributed by atoms with Gasteiger partial charge in [0.25, 0.3) is 0 Å². The molecule has 0 heterocycles. The van der Waals surface area contributed by atoms with Crippen LogP contribution in [0, 0.1) is 0 Å². The van der Waals surface area contributed by atoms with E-state index in [4.69, 9.17) is 0 Å². The number of hydrogen-bond acceptors (Lipinski definition) is 4. The summed E-state index contributed by atoms with van der Waals surface area (Å²) < 4.78 is 30.7. The van der Waals surface area contributed by atoms with Gasteiger partial charge in [-0.15, -0.1) is 0 Å². The molecule has 0 saturated carbocycles. The maximum atomic E-state index is 11.2. The molecular weight excluding hydrogens is 245 g/mol. The van der Waals surface area contributed by atoms with Crippen molar-refractivity contribution in [3.63, 3.8) is 0 Å². The maximum Gasteiger partial charge on any atom is 1.00 e. The summed E-state index contributed by atoms with van der Waals surface area (Å²) in [6.45, 7) is 5.28. The molecule has 0 aliphatic carbocycles. The van der Waals surface area contributed by atoms with Crippen LogP contribution in [-0.2, 0) is 14.9 Å². The first-order valence-electron chi connectivity index (χ1n) is 4.08. The molecule has 0 fully saturated rings. The summed E-state index contributed by atoms with van der Waals surface area (Å²) in [6.07, 6.45) is 0.154. The summed E-state index contributed by atoms with van der Waals surface area (Å²) in [5.74, 6) is -0.686. The van der Waals surface area contributed by atoms with Crippen LogP contribution in [0.4, 0.5) is 0 Å². The number of rotatable bonds is 5. The molecule has 0 saturated heterocycles. The average molecular weight is 259 g/mol. The second kappa shape index (κ2) is 7.94. The Bertz CT molecular complexity index is 326. The van der Waals surface area contributed by atoms with E-state index in [0.717, 1.165) is 0 Å². The van der Waals surface area contributed by atoms with Crippen LogP contribution in [0.2, 0.25) is 0 Å². The molecule has 5 nitrogen and oxygen atoms in total. The van der Waals surface area contributed by atoms with E-state index < -0.39 is 15.9 Å². The van der Waals surface area contributed by atoms with Gasteiger partial charge in [-0.3, -0.25) is 4.79 Å². The molecule has 0 rings (SSSR count). The first-order chi connectivity index (χ1) is 6.24. The van der Waals surface area contributed by atoms with Gasteiger partial charge in [0.15, 0.2) is 0 Å². The third-order valence-corrected chi connectivity index (χ3v) is 2.39. The van der Waals surface area contributed by atoms with E-state index in [2.05, 4.69) is 6.58 Å². The Morgan fingerprint density at radius 2 is 1.93 bits per heavy atom. The molecule has 7 heteroatoms. The molecule has 0 aliphatic heterocycles. The predicted molar refractivity (Wildman–Crippen MR) is 51.6 cm³/mol. The van der Waals surface area contributed by atoms with E-state index in [1.54, 1.807) is 6.92 Å². The third-order valence-electron chi connectivity index (χ3n) is 1.60. The first-order valence-corrected chi connectivity index (χ1v) is 5.66. The van der Waals surface area contributed by atoms with Crippen LogP contribution in [0.1, 0.15) is 13.3 Å². The minimum absolute atomic E-state index is 0. The zero-order valence-electron chi connectivity index (χ0n) is 9.32. The molecule has 0 aliphatic rings. The van der Waals surface area contributed by atoms with Gasteiger partial charge < -0.3 is 9.45 Å². The summed E-state index contributed by atoms with van der Waals surface area (Å²) in [7, 11) is -2.64. The molecule has 0 atom stereocenters. The van der Waals surface area contributed by atoms with Crippen molar-refractivity contribution in [2.45, 2.75) is 13.3 Å². The number of carbonyl (C=O) groups excluding carboxylic acids is 1. The summed E-state index contributed by atoms with van der Waals surface area (Å²) in [6, 6.07) is 0. The Morgan fingerprint density at radius 1 is 1.47 bits per heavy atom. The van der Waals surface area contributed by atoms with Gasteiger partial charge in [0.05, 0.1) is 10.1 Å². The van der Waals surface area contributed by atoms with Crippen LogP contribution in [-0.4, -0.2) is 43.1 Å². The van der Waals surface area contributed by atoms with Crippen molar-refractivity contribution in [1.29, 1.82) is 0 Å². The maximum absolute atomic E-state index is 11.2. The topological polar surface area (TPSA) is 77.5 Å². The Labute approximate surface area is 133 Å². The molecule has 0 radical (unpaired) electrons. The van der Waals surface area contributed by atoms with Gasteiger partial charge in [0.1, 0.15) is 0 Å². The van der Waals surface area contributed by atoms with Gasteiger partial charge in [-0.05, 0) is 13.3 Å². The Morgan fingerprint density at radius 3 is 2.27 bits per heavy atom. The fraction of sp³-hybridized carbons (Fsp3) is 0.625. The van der Waals surface area contributed by atoms with Crippen molar-refractivity contribution in [2.24, 2.45) is 0 Å². The van der Waals surface area contributed by atoms with Crippen molar-refractivity contribution < 1.29 is 69.1 Å². The number of carbonyl (C=O) groups is 1. The van der Waals surface area contributed by atoms with Crippen LogP contribution < -0.4 is 51.4 Å². The SMILES string of the molecule is C=C(C)C(=O)N(C)CCCS(=O)(=O)[O-].[K+]. The molecule has 0 N–H and O–H groups in total. The van der Waals surface area contributed by atoms with Crippen LogP contribution >= 0.6 is 0 Å². The standard InChI is InChI=1S/C8H15NO4S.K/c1-7(2)8(10)9(3)5-4-6-14(11,12)13;/h1,4-6H2,2-3H3,(H,11,12,13);/q;+1/p-1. The molecule has 0 aromatic rings. The van der Waals surface area contributed by atoms with Crippen molar-refractivity contribution in [1.82, 2.24) is 4.90 Å². The van der Waals surface area contributed by atoms with Crippen LogP contribution in [0.3, 0.4) is 0 Å². The minimum atomic E-state index is -4.18. The Kier molecular flexibility index (Phi) is 9.59. The quantitative estimate of drug-likeness (QED) is 0.299. The van der Waals surface area contributed by atoms with Gasteiger partial charge in [-0.1, -0.05) is 6.58 Å². The summed E-state index contributed by atoms with van der Waals surface area (Å²) in [5.41, 5.74) is 0.387. The Hall–Kier alpha value is 0.756. The molecule has 82 valence electrons. The molecule has 0 aromatic carbocycles. The second-order valence-corrected chi connectivity index (χ2v) is 4.65. The van der Waals surface area contributed by atoms with E-state index in [0.29, 0.717) is 5.57 Å². The van der Waals surface area contributed by atoms with E-state index in [9.17, 15) is 17.8 Å². The molecule has 0 unspecified atom stereocenters. The van der Waals surface area contributed by atoms with E-state index in [1.165, 1.54) is 11.9 Å². The smallest absolute Gasteiger partial charge is 0.748 e. The van der Waals surface area contributed by atoms with Gasteiger partial charge in [0.2, 0.25) is 5.91 Å². The van der Waals surface area contributed by atoms with Gasteiger partial charge in [0, 0.05) is 24.9 Å². The molecule has 15 heavy (non-hydrogen) atoms. The third kappa shape index (κ3) is 9.67. The first kappa shape index (κ1) is 18.1. The number of amides is 1. The summed E-state index contributed by atoms with van der Waals surface area (Å²) >= 11 is 0.